The molecular formula is C20H17N3O3. The third-order valence-corrected chi connectivity index (χ3v) is 4.40. The molecule has 0 bridgehead atoms. The van der Waals surface area contributed by atoms with E-state index in [-0.39, 0.29) is 11.8 Å². The second-order valence-corrected chi connectivity index (χ2v) is 6.19. The number of carbonyl (C=O) groups is 2. The van der Waals surface area contributed by atoms with Gasteiger partial charge in [-0.1, -0.05) is 12.1 Å². The summed E-state index contributed by atoms with van der Waals surface area (Å²) in [5.74, 6) is 0.0594. The maximum atomic E-state index is 12.5. The molecule has 6 heteroatoms. The molecule has 1 aliphatic heterocycles. The fourth-order valence-electron chi connectivity index (χ4n) is 3.07. The third kappa shape index (κ3) is 2.65. The molecule has 1 aliphatic rings. The van der Waals surface area contributed by atoms with Crippen LogP contribution in [0.3, 0.4) is 0 Å². The number of anilines is 1. The molecule has 2 aromatic carbocycles. The van der Waals surface area contributed by atoms with Crippen molar-refractivity contribution < 1.29 is 14.3 Å². The van der Waals surface area contributed by atoms with Crippen LogP contribution in [0.1, 0.15) is 32.0 Å². The monoisotopic (exact) mass is 347 g/mol. The van der Waals surface area contributed by atoms with Crippen LogP contribution < -0.4 is 9.64 Å². The van der Waals surface area contributed by atoms with E-state index in [4.69, 9.17) is 4.74 Å². The molecule has 3 aromatic rings. The van der Waals surface area contributed by atoms with Crippen molar-refractivity contribution in [3.8, 4) is 5.75 Å². The Balaban J connectivity index is 1.51. The van der Waals surface area contributed by atoms with Crippen molar-refractivity contribution in [3.63, 3.8) is 0 Å². The Morgan fingerprint density at radius 3 is 2.12 bits per heavy atom. The molecule has 1 aromatic heterocycles. The van der Waals surface area contributed by atoms with E-state index in [0.717, 1.165) is 11.3 Å². The fourth-order valence-corrected chi connectivity index (χ4v) is 3.07. The molecule has 0 N–H and O–H groups in total. The van der Waals surface area contributed by atoms with Gasteiger partial charge in [0.15, 0.2) is 0 Å². The minimum absolute atomic E-state index is 0.301. The molecule has 2 heterocycles. The molecule has 6 nitrogen and oxygen atoms in total. The first-order valence-corrected chi connectivity index (χ1v) is 8.24. The number of fused-ring (bicyclic) bond motifs is 1. The zero-order chi connectivity index (χ0) is 18.3. The van der Waals surface area contributed by atoms with Gasteiger partial charge < -0.3 is 4.74 Å². The predicted molar refractivity (Wildman–Crippen MR) is 96.3 cm³/mol. The quantitative estimate of drug-likeness (QED) is 0.680. The molecule has 0 unspecified atom stereocenters. The van der Waals surface area contributed by atoms with Gasteiger partial charge in [-0.05, 0) is 43.3 Å². The van der Waals surface area contributed by atoms with Crippen LogP contribution in [0.5, 0.6) is 5.75 Å². The number of amides is 2. The number of hydrogen-bond donors (Lipinski definition) is 0. The van der Waals surface area contributed by atoms with Gasteiger partial charge in [-0.15, -0.1) is 0 Å². The highest BCUT2D eigenvalue weighted by Gasteiger charge is 2.36. The van der Waals surface area contributed by atoms with E-state index in [1.807, 2.05) is 20.2 Å². The lowest BCUT2D eigenvalue weighted by Crippen LogP contribution is -2.29. The minimum atomic E-state index is -0.301. The number of imide groups is 1. The van der Waals surface area contributed by atoms with Crippen LogP contribution in [0.4, 0.5) is 5.69 Å². The molecule has 4 rings (SSSR count). The molecule has 0 aliphatic carbocycles. The molecule has 130 valence electrons. The molecule has 0 atom stereocenters. The number of ether oxygens (including phenoxy) is 1. The largest absolute Gasteiger partial charge is 0.489 e. The summed E-state index contributed by atoms with van der Waals surface area (Å²) in [7, 11) is 1.87. The summed E-state index contributed by atoms with van der Waals surface area (Å²) in [5, 5.41) is 4.28. The normalized spacial score (nSPS) is 13.2. The molecule has 0 saturated carbocycles. The van der Waals surface area contributed by atoms with Crippen molar-refractivity contribution in [2.45, 2.75) is 13.5 Å². The average Bonchev–Trinajstić information content (AvgIpc) is 3.10. The number of benzene rings is 2. The molecular weight excluding hydrogens is 330 g/mol. The average molecular weight is 347 g/mol. The number of nitrogens with zero attached hydrogens (tertiary/aromatic N) is 3. The highest BCUT2D eigenvalue weighted by molar-refractivity contribution is 6.34. The summed E-state index contributed by atoms with van der Waals surface area (Å²) in [6.45, 7) is 2.34. The Kier molecular flexibility index (Phi) is 3.80. The summed E-state index contributed by atoms with van der Waals surface area (Å²) >= 11 is 0. The van der Waals surface area contributed by atoms with Crippen LogP contribution in [0.2, 0.25) is 0 Å². The maximum Gasteiger partial charge on any atom is 0.266 e. The first-order chi connectivity index (χ1) is 12.5. The Hall–Kier alpha value is -3.41. The van der Waals surface area contributed by atoms with Crippen molar-refractivity contribution in [3.05, 3.63) is 77.1 Å². The first-order valence-electron chi connectivity index (χ1n) is 8.24. The van der Waals surface area contributed by atoms with Crippen molar-refractivity contribution in [1.82, 2.24) is 9.78 Å². The van der Waals surface area contributed by atoms with Crippen molar-refractivity contribution in [2.24, 2.45) is 7.05 Å². The third-order valence-electron chi connectivity index (χ3n) is 4.40. The van der Waals surface area contributed by atoms with Gasteiger partial charge in [0.2, 0.25) is 0 Å². The van der Waals surface area contributed by atoms with Crippen LogP contribution in [0, 0.1) is 6.92 Å². The lowest BCUT2D eigenvalue weighted by Gasteiger charge is -2.14. The number of carbonyl (C=O) groups excluding carboxylic acids is 2. The van der Waals surface area contributed by atoms with Gasteiger partial charge in [0.05, 0.1) is 22.5 Å². The molecule has 2 amide bonds. The number of rotatable bonds is 4. The van der Waals surface area contributed by atoms with E-state index < -0.39 is 0 Å². The van der Waals surface area contributed by atoms with E-state index in [9.17, 15) is 9.59 Å². The summed E-state index contributed by atoms with van der Waals surface area (Å²) in [6.07, 6.45) is 1.92. The summed E-state index contributed by atoms with van der Waals surface area (Å²) in [4.78, 5) is 26.2. The number of aromatic nitrogens is 2. The molecule has 0 saturated heterocycles. The fraction of sp³-hybridized carbons (Fsp3) is 0.150. The molecule has 0 spiro atoms. The van der Waals surface area contributed by atoms with E-state index in [1.165, 1.54) is 4.90 Å². The first kappa shape index (κ1) is 16.1. The molecule has 0 radical (unpaired) electrons. The summed E-state index contributed by atoms with van der Waals surface area (Å²) < 4.78 is 7.53. The van der Waals surface area contributed by atoms with Gasteiger partial charge in [-0.25, -0.2) is 4.90 Å². The zero-order valence-corrected chi connectivity index (χ0v) is 14.5. The van der Waals surface area contributed by atoms with Gasteiger partial charge in [-0.3, -0.25) is 14.3 Å². The van der Waals surface area contributed by atoms with Gasteiger partial charge in [0.25, 0.3) is 11.8 Å². The van der Waals surface area contributed by atoms with Crippen LogP contribution in [0.15, 0.2) is 54.7 Å². The summed E-state index contributed by atoms with van der Waals surface area (Å²) in [5.41, 5.74) is 3.34. The van der Waals surface area contributed by atoms with E-state index >= 15 is 0 Å². The Morgan fingerprint density at radius 1 is 0.962 bits per heavy atom. The second-order valence-electron chi connectivity index (χ2n) is 6.19. The highest BCUT2D eigenvalue weighted by Crippen LogP contribution is 2.29. The predicted octanol–water partition coefficient (Wildman–Crippen LogP) is 3.11. The minimum Gasteiger partial charge on any atom is -0.489 e. The van der Waals surface area contributed by atoms with Gasteiger partial charge in [-0.2, -0.15) is 5.10 Å². The van der Waals surface area contributed by atoms with Crippen molar-refractivity contribution in [2.75, 3.05) is 4.90 Å². The lowest BCUT2D eigenvalue weighted by molar-refractivity contribution is 0.0926. The topological polar surface area (TPSA) is 64.4 Å². The lowest BCUT2D eigenvalue weighted by atomic mass is 10.1. The highest BCUT2D eigenvalue weighted by atomic mass is 16.5. The van der Waals surface area contributed by atoms with Crippen LogP contribution in [0.25, 0.3) is 0 Å². The second kappa shape index (κ2) is 6.15. The van der Waals surface area contributed by atoms with Crippen molar-refractivity contribution >= 4 is 17.5 Å². The van der Waals surface area contributed by atoms with Crippen LogP contribution in [-0.4, -0.2) is 21.6 Å². The van der Waals surface area contributed by atoms with Crippen molar-refractivity contribution in [1.29, 1.82) is 0 Å². The van der Waals surface area contributed by atoms with Crippen LogP contribution >= 0.6 is 0 Å². The molecule has 0 fully saturated rings. The van der Waals surface area contributed by atoms with E-state index in [0.29, 0.717) is 29.2 Å². The smallest absolute Gasteiger partial charge is 0.266 e. The van der Waals surface area contributed by atoms with Gasteiger partial charge >= 0.3 is 0 Å². The maximum absolute atomic E-state index is 12.5. The zero-order valence-electron chi connectivity index (χ0n) is 14.5. The van der Waals surface area contributed by atoms with Gasteiger partial charge in [0, 0.05) is 18.8 Å². The van der Waals surface area contributed by atoms with Crippen LogP contribution in [-0.2, 0) is 13.7 Å². The summed E-state index contributed by atoms with van der Waals surface area (Å²) in [6, 6.07) is 13.8. The van der Waals surface area contributed by atoms with E-state index in [1.54, 1.807) is 53.2 Å². The Morgan fingerprint density at radius 2 is 1.58 bits per heavy atom. The standard InChI is InChI=1S/C20H17N3O3/c1-13-14(11-22(2)21-13)12-26-16-9-7-15(8-10-16)23-19(24)17-5-3-4-6-18(17)20(23)25/h3-11H,12H2,1-2H3. The Bertz CT molecular complexity index is 970. The SMILES string of the molecule is Cc1nn(C)cc1COc1ccc(N2C(=O)c3ccccc3C2=O)cc1. The van der Waals surface area contributed by atoms with Gasteiger partial charge in [0.1, 0.15) is 12.4 Å². The molecule has 26 heavy (non-hydrogen) atoms. The van der Waals surface area contributed by atoms with E-state index in [2.05, 4.69) is 5.10 Å². The number of aryl methyl sites for hydroxylation is 2. The Labute approximate surface area is 150 Å². The number of hydrogen-bond acceptors (Lipinski definition) is 4.